The van der Waals surface area contributed by atoms with Crippen LogP contribution < -0.4 is 5.14 Å². The van der Waals surface area contributed by atoms with Crippen LogP contribution in [0.4, 0.5) is 13.2 Å². The Labute approximate surface area is 230 Å². The predicted octanol–water partition coefficient (Wildman–Crippen LogP) is 2.94. The number of unbranched alkanes of at least 4 members (excludes halogenated alkanes) is 1. The van der Waals surface area contributed by atoms with Crippen LogP contribution in [0.2, 0.25) is 5.15 Å². The van der Waals surface area contributed by atoms with Crippen molar-refractivity contribution in [2.45, 2.75) is 69.6 Å². The highest BCUT2D eigenvalue weighted by atomic mass is 35.5. The van der Waals surface area contributed by atoms with Gasteiger partial charge in [-0.2, -0.15) is 17.5 Å². The van der Waals surface area contributed by atoms with Crippen molar-refractivity contribution in [2.24, 2.45) is 11.1 Å². The third-order valence-corrected chi connectivity index (χ3v) is 8.35. The molecule has 4 N–H and O–H groups in total. The molecule has 17 heteroatoms. The van der Waals surface area contributed by atoms with Crippen molar-refractivity contribution in [1.29, 1.82) is 0 Å². The number of hydrogen-bond acceptors (Lipinski definition) is 7. The Morgan fingerprint density at radius 1 is 1.18 bits per heavy atom. The molecular weight excluding hydrogens is 589 g/mol. The third kappa shape index (κ3) is 9.14. The highest BCUT2D eigenvalue weighted by Gasteiger charge is 2.42. The number of nitrogens with zero attached hydrogens (tertiary/aromatic N) is 3. The summed E-state index contributed by atoms with van der Waals surface area (Å²) in [6, 6.07) is 5.10. The van der Waals surface area contributed by atoms with Crippen LogP contribution in [0.25, 0.3) is 0 Å². The maximum atomic E-state index is 12.9. The van der Waals surface area contributed by atoms with Gasteiger partial charge in [-0.15, -0.1) is 0 Å². The first-order valence-corrected chi connectivity index (χ1v) is 14.9. The van der Waals surface area contributed by atoms with Gasteiger partial charge in [0.25, 0.3) is 0 Å². The van der Waals surface area contributed by atoms with Crippen LogP contribution in [0.3, 0.4) is 0 Å². The number of aryl methyl sites for hydroxylation is 1. The van der Waals surface area contributed by atoms with Gasteiger partial charge in [0, 0.05) is 20.0 Å². The number of likely N-dealkylation sites (N-methyl/N-ethyl adjacent to an activating group) is 1. The lowest BCUT2D eigenvalue weighted by molar-refractivity contribution is -0.142. The van der Waals surface area contributed by atoms with Gasteiger partial charge in [-0.3, -0.25) is 4.79 Å². The minimum absolute atomic E-state index is 0.0166. The number of carboxylic acids is 1. The number of halogens is 4. The Hall–Kier alpha value is -2.24. The zero-order chi connectivity index (χ0) is 30.3. The van der Waals surface area contributed by atoms with Crippen molar-refractivity contribution in [3.8, 4) is 0 Å². The Bertz CT molecular complexity index is 1330. The molecule has 0 saturated heterocycles. The predicted molar refractivity (Wildman–Crippen MR) is 138 cm³/mol. The molecule has 39 heavy (non-hydrogen) atoms. The number of benzene rings is 1. The van der Waals surface area contributed by atoms with Crippen LogP contribution in [0, 0.1) is 5.92 Å². The number of aromatic nitrogens is 2. The smallest absolute Gasteiger partial charge is 0.480 e. The number of hydrogen-bond donors (Lipinski definition) is 3. The summed E-state index contributed by atoms with van der Waals surface area (Å²) in [6.45, 7) is 5.54. The summed E-state index contributed by atoms with van der Waals surface area (Å²) in [6.07, 6.45) is 2.65. The number of aliphatic hydroxyl groups excluding tert-OH is 1. The number of nitrogens with two attached hydrogens (primary N) is 1. The minimum atomic E-state index is -5.34. The minimum Gasteiger partial charge on any atom is -0.480 e. The largest absolute Gasteiger partial charge is 0.511 e. The Balaban J connectivity index is 0.000000824. The number of carbonyl (C=O) groups is 1. The lowest BCUT2D eigenvalue weighted by Crippen LogP contribution is -2.45. The molecule has 2 aromatic rings. The second-order valence-electron chi connectivity index (χ2n) is 8.80. The molecule has 2 rings (SSSR count). The maximum Gasteiger partial charge on any atom is 0.511 e. The van der Waals surface area contributed by atoms with Crippen LogP contribution >= 0.6 is 11.6 Å². The van der Waals surface area contributed by atoms with Crippen molar-refractivity contribution in [3.05, 3.63) is 46.5 Å². The SMILES string of the molecule is CCCCc1nc(Cl)c(CO)n1Cc1ccc(S(=O)(=O)N(C)[C@@H](C(=O)O)C(C)C)cc1.NS(=O)(=O)C(F)(F)F. The summed E-state index contributed by atoms with van der Waals surface area (Å²) in [4.78, 5) is 15.9. The fourth-order valence-electron chi connectivity index (χ4n) is 3.49. The number of sulfonamides is 2. The van der Waals surface area contributed by atoms with Crippen molar-refractivity contribution in [1.82, 2.24) is 13.9 Å². The van der Waals surface area contributed by atoms with Gasteiger partial charge in [-0.1, -0.05) is 50.9 Å². The summed E-state index contributed by atoms with van der Waals surface area (Å²) < 4.78 is 79.8. The first-order chi connectivity index (χ1) is 17.8. The van der Waals surface area contributed by atoms with E-state index >= 15 is 0 Å². The van der Waals surface area contributed by atoms with Crippen molar-refractivity contribution >= 4 is 37.6 Å². The zero-order valence-electron chi connectivity index (χ0n) is 21.7. The number of aliphatic hydroxyl groups is 1. The molecule has 11 nitrogen and oxygen atoms in total. The molecule has 0 amide bonds. The monoisotopic (exact) mass is 620 g/mol. The molecule has 1 aromatic heterocycles. The molecule has 222 valence electrons. The number of alkyl halides is 3. The van der Waals surface area contributed by atoms with Crippen LogP contribution in [-0.2, 0) is 44.4 Å². The topological polar surface area (TPSA) is 173 Å². The Morgan fingerprint density at radius 3 is 2.08 bits per heavy atom. The first kappa shape index (κ1) is 34.8. The second kappa shape index (κ2) is 13.9. The maximum absolute atomic E-state index is 12.9. The normalized spacial score (nSPS) is 13.3. The third-order valence-electron chi connectivity index (χ3n) is 5.55. The summed E-state index contributed by atoms with van der Waals surface area (Å²) in [5.74, 6) is -0.805. The molecule has 0 aliphatic heterocycles. The standard InChI is InChI=1S/C21H30ClN3O5S.CH2F3NO2S/c1-5-6-7-18-23-20(22)17(13-26)25(18)12-15-8-10-16(11-9-15)31(29,30)24(4)19(14(2)3)21(27)28;2-1(3,4)8(5,6)7/h8-11,14,19,26H,5-7,12-13H2,1-4H3,(H,27,28);(H2,5,6,7)/t19-;/m1./s1. The van der Waals surface area contributed by atoms with E-state index in [9.17, 15) is 45.0 Å². The molecule has 0 radical (unpaired) electrons. The number of carboxylic acid groups (broad SMARTS) is 1. The van der Waals surface area contributed by atoms with Crippen molar-refractivity contribution in [2.75, 3.05) is 7.05 Å². The quantitative estimate of drug-likeness (QED) is 0.344. The molecule has 1 aromatic carbocycles. The van der Waals surface area contributed by atoms with Crippen molar-refractivity contribution < 1.29 is 45.0 Å². The summed E-state index contributed by atoms with van der Waals surface area (Å²) in [5.41, 5.74) is -3.99. The molecule has 0 aliphatic carbocycles. The fraction of sp³-hybridized carbons (Fsp3) is 0.545. The van der Waals surface area contributed by atoms with Crippen molar-refractivity contribution in [3.63, 3.8) is 0 Å². The van der Waals surface area contributed by atoms with Gasteiger partial charge in [0.1, 0.15) is 11.9 Å². The van der Waals surface area contributed by atoms with E-state index in [1.165, 1.54) is 19.2 Å². The van der Waals surface area contributed by atoms with Gasteiger partial charge in [-0.05, 0) is 30.0 Å². The summed E-state index contributed by atoms with van der Waals surface area (Å²) in [5, 5.41) is 23.0. The summed E-state index contributed by atoms with van der Waals surface area (Å²) in [7, 11) is -8.03. The number of primary sulfonamides is 1. The van der Waals surface area contributed by atoms with E-state index in [-0.39, 0.29) is 22.6 Å². The van der Waals surface area contributed by atoms with Crippen LogP contribution in [0.15, 0.2) is 29.2 Å². The van der Waals surface area contributed by atoms with Gasteiger partial charge >= 0.3 is 21.5 Å². The van der Waals surface area contributed by atoms with E-state index in [1.54, 1.807) is 26.0 Å². The second-order valence-corrected chi connectivity index (χ2v) is 12.7. The highest BCUT2D eigenvalue weighted by Crippen LogP contribution is 2.24. The van der Waals surface area contributed by atoms with Gasteiger partial charge in [0.05, 0.1) is 17.2 Å². The molecule has 1 atom stereocenters. The van der Waals surface area contributed by atoms with Gasteiger partial charge in [-0.25, -0.2) is 27.0 Å². The lowest BCUT2D eigenvalue weighted by Gasteiger charge is -2.27. The fourth-order valence-corrected chi connectivity index (χ4v) is 5.20. The van der Waals surface area contributed by atoms with E-state index in [0.717, 1.165) is 35.0 Å². The van der Waals surface area contributed by atoms with Crippen LogP contribution in [0.5, 0.6) is 0 Å². The molecule has 0 unspecified atom stereocenters. The van der Waals surface area contributed by atoms with E-state index in [0.29, 0.717) is 12.2 Å². The number of aliphatic carboxylic acids is 1. The average molecular weight is 621 g/mol. The molecule has 0 aliphatic rings. The molecule has 0 saturated carbocycles. The van der Waals surface area contributed by atoms with E-state index in [1.807, 2.05) is 4.57 Å². The van der Waals surface area contributed by atoms with E-state index < -0.39 is 37.6 Å². The average Bonchev–Trinajstić information content (AvgIpc) is 3.10. The molecule has 0 bridgehead atoms. The van der Waals surface area contributed by atoms with Gasteiger partial charge in [0.2, 0.25) is 10.0 Å². The summed E-state index contributed by atoms with van der Waals surface area (Å²) >= 11 is 6.17. The number of rotatable bonds is 11. The highest BCUT2D eigenvalue weighted by molar-refractivity contribution is 7.90. The van der Waals surface area contributed by atoms with E-state index in [2.05, 4.69) is 17.0 Å². The molecule has 1 heterocycles. The number of imidazole rings is 1. The lowest BCUT2D eigenvalue weighted by atomic mass is 10.1. The van der Waals surface area contributed by atoms with E-state index in [4.69, 9.17) is 11.6 Å². The Morgan fingerprint density at radius 2 is 1.69 bits per heavy atom. The Kier molecular flexibility index (Phi) is 12.4. The van der Waals surface area contributed by atoms with Crippen LogP contribution in [0.1, 0.15) is 50.7 Å². The zero-order valence-corrected chi connectivity index (χ0v) is 24.1. The van der Waals surface area contributed by atoms with Crippen LogP contribution in [-0.4, -0.2) is 65.5 Å². The first-order valence-electron chi connectivity index (χ1n) is 11.5. The molecule has 0 fully saturated rings. The molecule has 0 spiro atoms. The van der Waals surface area contributed by atoms with Gasteiger partial charge in [0.15, 0.2) is 5.15 Å². The van der Waals surface area contributed by atoms with Gasteiger partial charge < -0.3 is 14.8 Å². The molecular formula is C22H32ClF3N4O7S2.